The molecule has 2 N–H and O–H groups in total. The van der Waals surface area contributed by atoms with Crippen LogP contribution in [0.4, 0.5) is 0 Å². The summed E-state index contributed by atoms with van der Waals surface area (Å²) in [4.78, 5) is 14.3. The van der Waals surface area contributed by atoms with Crippen LogP contribution in [-0.4, -0.2) is 67.6 Å². The standard InChI is InChI=1S/Ba.H2O3Si.Ti.2H/c;1-4(2)3;;;/h;1-2H;;;. The molecule has 0 aromatic carbocycles. The van der Waals surface area contributed by atoms with Gasteiger partial charge >= 0.3 is 58.1 Å². The minimum absolute atomic E-state index is 0. The second kappa shape index (κ2) is 10.0. The molecule has 0 fully saturated rings. The van der Waals surface area contributed by atoms with Gasteiger partial charge in [-0.15, -0.1) is 0 Å². The molecule has 32 valence electrons. The van der Waals surface area contributed by atoms with E-state index < -0.39 is 9.17 Å². The summed E-state index contributed by atoms with van der Waals surface area (Å²) in [6.07, 6.45) is 0. The topological polar surface area (TPSA) is 57.5 Å². The van der Waals surface area contributed by atoms with Gasteiger partial charge in [0.15, 0.2) is 0 Å². The maximum absolute atomic E-state index is 8.74. The molecule has 0 atom stereocenters. The van der Waals surface area contributed by atoms with Gasteiger partial charge in [0.1, 0.15) is 0 Å². The van der Waals surface area contributed by atoms with Gasteiger partial charge in [0, 0.05) is 21.7 Å². The molecule has 3 nitrogen and oxygen atoms in total. The Hall–Kier alpha value is 1.90. The van der Waals surface area contributed by atoms with Crippen molar-refractivity contribution in [2.24, 2.45) is 0 Å². The smallest absolute Gasteiger partial charge is 0 e. The second-order valence-electron chi connectivity index (χ2n) is 0.283. The first-order chi connectivity index (χ1) is 1.73. The molecule has 0 heterocycles. The van der Waals surface area contributed by atoms with Crippen LogP contribution in [0.2, 0.25) is 0 Å². The molecule has 0 amide bonds. The molecule has 0 aliphatic rings. The zero-order valence-corrected chi connectivity index (χ0v) is 4.86. The zero-order valence-electron chi connectivity index (χ0n) is 2.30. The van der Waals surface area contributed by atoms with E-state index >= 15 is 0 Å². The first-order valence-electron chi connectivity index (χ1n) is 0.651. The molecule has 0 unspecified atom stereocenters. The summed E-state index contributed by atoms with van der Waals surface area (Å²) in [5, 5.41) is 0. The summed E-state index contributed by atoms with van der Waals surface area (Å²) in [5.41, 5.74) is 0. The number of rotatable bonds is 0. The minimum Gasteiger partial charge on any atom is 0 e. The Morgan fingerprint density at radius 3 is 1.33 bits per heavy atom. The van der Waals surface area contributed by atoms with Crippen molar-refractivity contribution in [1.29, 1.82) is 0 Å². The van der Waals surface area contributed by atoms with Gasteiger partial charge in [-0.25, -0.2) is 0 Å². The quantitative estimate of drug-likeness (QED) is 0.475. The maximum atomic E-state index is 8.74. The maximum Gasteiger partial charge on any atom is 0 e. The Kier molecular flexibility index (Phi) is 26.1. The average Bonchev–Trinajstić information content (AvgIpc) is 0.811. The van der Waals surface area contributed by atoms with Crippen molar-refractivity contribution in [3.05, 3.63) is 0 Å². The normalized spacial score (nSPS) is 4.00. The summed E-state index contributed by atoms with van der Waals surface area (Å²) in [5.74, 6) is 0. The average molecular weight is 265 g/mol. The molecule has 0 bridgehead atoms. The van der Waals surface area contributed by atoms with Gasteiger partial charge in [0.25, 0.3) is 0 Å². The van der Waals surface area contributed by atoms with Gasteiger partial charge in [0.2, 0.25) is 0 Å². The van der Waals surface area contributed by atoms with E-state index in [0.29, 0.717) is 0 Å². The van der Waals surface area contributed by atoms with Crippen LogP contribution in [0.3, 0.4) is 0 Å². The Morgan fingerprint density at radius 2 is 1.33 bits per heavy atom. The van der Waals surface area contributed by atoms with Gasteiger partial charge in [-0.2, -0.15) is 0 Å². The number of hydrogen-bond acceptors (Lipinski definition) is 1. The molecule has 0 saturated carbocycles. The Balaban J connectivity index is -0.0000000450. The summed E-state index contributed by atoms with van der Waals surface area (Å²) in [6.45, 7) is 0. The van der Waals surface area contributed by atoms with Crippen LogP contribution in [0.1, 0.15) is 0 Å². The van der Waals surface area contributed by atoms with E-state index in [1.165, 1.54) is 0 Å². The summed E-state index contributed by atoms with van der Waals surface area (Å²) in [7, 11) is -3.13. The van der Waals surface area contributed by atoms with Crippen LogP contribution in [0.15, 0.2) is 0 Å². The Morgan fingerprint density at radius 1 is 1.33 bits per heavy atom. The summed E-state index contributed by atoms with van der Waals surface area (Å²) >= 11 is 0. The molecular weight excluding hydrogens is 261 g/mol. The third kappa shape index (κ3) is 39.2. The van der Waals surface area contributed by atoms with Crippen LogP contribution in [0.25, 0.3) is 0 Å². The molecule has 0 aromatic heterocycles. The van der Waals surface area contributed by atoms with E-state index in [0.717, 1.165) is 0 Å². The van der Waals surface area contributed by atoms with Crippen molar-refractivity contribution >= 4 is 58.1 Å². The van der Waals surface area contributed by atoms with Crippen LogP contribution < -0.4 is 0 Å². The summed E-state index contributed by atoms with van der Waals surface area (Å²) < 4.78 is 8.74. The van der Waals surface area contributed by atoms with Gasteiger partial charge in [0.05, 0.1) is 0 Å². The van der Waals surface area contributed by atoms with Crippen LogP contribution in [0.5, 0.6) is 0 Å². The van der Waals surface area contributed by atoms with Gasteiger partial charge in [-0.3, -0.25) is 4.46 Å². The summed E-state index contributed by atoms with van der Waals surface area (Å²) in [6, 6.07) is 0. The Labute approximate surface area is 92.0 Å². The Bertz CT molecular complexity index is 33.8. The molecular formula is H4BaO3SiTi. The molecule has 0 aliphatic carbocycles. The predicted molar refractivity (Wildman–Crippen MR) is 19.4 cm³/mol. The molecule has 6 heteroatoms. The third-order valence-corrected chi connectivity index (χ3v) is 0. The van der Waals surface area contributed by atoms with E-state index in [1.807, 2.05) is 0 Å². The molecule has 0 radical (unpaired) electrons. The van der Waals surface area contributed by atoms with Gasteiger partial charge in [-0.05, 0) is 0 Å². The minimum atomic E-state index is -3.13. The monoisotopic (exact) mass is 266 g/mol. The van der Waals surface area contributed by atoms with Gasteiger partial charge < -0.3 is 9.59 Å². The van der Waals surface area contributed by atoms with Crippen molar-refractivity contribution in [2.45, 2.75) is 0 Å². The SMILES string of the molecule is O=[Si](O)O.[BaH2].[Ti]. The predicted octanol–water partition coefficient (Wildman–Crippen LogP) is -2.53. The first-order valence-corrected chi connectivity index (χ1v) is 1.95. The van der Waals surface area contributed by atoms with E-state index in [-0.39, 0.29) is 70.6 Å². The van der Waals surface area contributed by atoms with Crippen molar-refractivity contribution in [3.8, 4) is 0 Å². The van der Waals surface area contributed by atoms with E-state index in [9.17, 15) is 0 Å². The fourth-order valence-electron chi connectivity index (χ4n) is 0. The fourth-order valence-corrected chi connectivity index (χ4v) is 0. The second-order valence-corrected chi connectivity index (χ2v) is 0.848. The van der Waals surface area contributed by atoms with Crippen LogP contribution in [-0.2, 0) is 26.2 Å². The third-order valence-electron chi connectivity index (χ3n) is 0. The van der Waals surface area contributed by atoms with Crippen molar-refractivity contribution < 1.29 is 35.8 Å². The molecule has 0 saturated heterocycles. The molecule has 0 rings (SSSR count). The molecule has 0 spiro atoms. The van der Waals surface area contributed by atoms with Crippen molar-refractivity contribution in [2.75, 3.05) is 0 Å². The largest absolute Gasteiger partial charge is 0 e. The van der Waals surface area contributed by atoms with Crippen LogP contribution >= 0.6 is 0 Å². The van der Waals surface area contributed by atoms with Crippen molar-refractivity contribution in [3.63, 3.8) is 0 Å². The first kappa shape index (κ1) is 15.7. The van der Waals surface area contributed by atoms with Crippen LogP contribution in [0, 0.1) is 0 Å². The van der Waals surface area contributed by atoms with E-state index in [4.69, 9.17) is 14.1 Å². The molecule has 0 aromatic rings. The van der Waals surface area contributed by atoms with E-state index in [1.54, 1.807) is 0 Å². The number of hydrogen-bond donors (Lipinski definition) is 2. The van der Waals surface area contributed by atoms with Crippen molar-refractivity contribution in [1.82, 2.24) is 0 Å². The van der Waals surface area contributed by atoms with E-state index in [2.05, 4.69) is 0 Å². The molecule has 0 aliphatic heterocycles. The molecule has 6 heavy (non-hydrogen) atoms. The zero-order chi connectivity index (χ0) is 3.58. The van der Waals surface area contributed by atoms with Gasteiger partial charge in [-0.1, -0.05) is 0 Å². The fraction of sp³-hybridized carbons (Fsp3) is 0.